The van der Waals surface area contributed by atoms with Gasteiger partial charge in [-0.3, -0.25) is 18.9 Å². The van der Waals surface area contributed by atoms with Gasteiger partial charge in [0.05, 0.1) is 28.2 Å². The van der Waals surface area contributed by atoms with E-state index in [9.17, 15) is 40.0 Å². The average molecular weight is 979 g/mol. The number of aromatic nitrogens is 6. The topological polar surface area (TPSA) is 178 Å². The molecular weight excluding hydrogens is 934 g/mol. The molecule has 0 spiro atoms. The first-order valence-corrected chi connectivity index (χ1v) is 23.7. The summed E-state index contributed by atoms with van der Waals surface area (Å²) in [5, 5.41) is 14.4. The third kappa shape index (κ3) is 10.1. The van der Waals surface area contributed by atoms with Crippen LogP contribution in [0.15, 0.2) is 42.5 Å². The molecule has 4 aromatic heterocycles. The molecule has 3 N–H and O–H groups in total. The van der Waals surface area contributed by atoms with Crippen LogP contribution in [0.3, 0.4) is 0 Å². The molecule has 1 saturated heterocycles. The van der Waals surface area contributed by atoms with Crippen molar-refractivity contribution in [3.63, 3.8) is 0 Å². The summed E-state index contributed by atoms with van der Waals surface area (Å²) in [4.78, 5) is 38.6. The van der Waals surface area contributed by atoms with Gasteiger partial charge >= 0.3 is 12.3 Å². The molecule has 1 aliphatic carbocycles. The molecule has 2 aliphatic rings. The van der Waals surface area contributed by atoms with Gasteiger partial charge in [0.2, 0.25) is 15.9 Å². The number of anilines is 2. The highest BCUT2D eigenvalue weighted by molar-refractivity contribution is 7.92. The van der Waals surface area contributed by atoms with E-state index in [0.717, 1.165) is 18.4 Å². The Hall–Kier alpha value is -6.04. The normalized spacial score (nSPS) is 16.6. The molecule has 24 heteroatoms. The molecule has 2 amide bonds. The second-order valence-corrected chi connectivity index (χ2v) is 20.9. The van der Waals surface area contributed by atoms with Gasteiger partial charge in [-0.1, -0.05) is 23.5 Å². The Kier molecular flexibility index (Phi) is 12.0. The number of nitrogens with one attached hydrogen (secondary N) is 3. The van der Waals surface area contributed by atoms with Crippen LogP contribution in [0.5, 0.6) is 0 Å². The summed E-state index contributed by atoms with van der Waals surface area (Å²) in [5.41, 5.74) is -3.21. The summed E-state index contributed by atoms with van der Waals surface area (Å²) in [7, 11) is -2.24. The van der Waals surface area contributed by atoms with Gasteiger partial charge in [0.15, 0.2) is 22.3 Å². The summed E-state index contributed by atoms with van der Waals surface area (Å²) in [5.74, 6) is -6.71. The van der Waals surface area contributed by atoms with Crippen molar-refractivity contribution in [1.82, 2.24) is 40.2 Å². The zero-order valence-corrected chi connectivity index (χ0v) is 38.5. The Balaban J connectivity index is 1.24. The fourth-order valence-corrected chi connectivity index (χ4v) is 10.1. The van der Waals surface area contributed by atoms with Gasteiger partial charge in [0.1, 0.15) is 29.5 Å². The minimum atomic E-state index is -5.09. The number of ether oxygens (including phenoxy) is 1. The van der Waals surface area contributed by atoms with Crippen molar-refractivity contribution in [3.8, 4) is 11.1 Å². The minimum absolute atomic E-state index is 0.00218. The number of carbonyl (C=O) groups excluding carboxylic acids is 2. The Morgan fingerprint density at radius 1 is 0.970 bits per heavy atom. The zero-order chi connectivity index (χ0) is 48.6. The minimum Gasteiger partial charge on any atom is -0.444 e. The summed E-state index contributed by atoms with van der Waals surface area (Å²) >= 11 is 1.28. The number of thiazole rings is 1. The van der Waals surface area contributed by atoms with Crippen molar-refractivity contribution in [3.05, 3.63) is 82.3 Å². The van der Waals surface area contributed by atoms with Crippen molar-refractivity contribution in [2.45, 2.75) is 95.6 Å². The first-order chi connectivity index (χ1) is 31.1. The third-order valence-corrected chi connectivity index (χ3v) is 13.1. The van der Waals surface area contributed by atoms with Crippen LogP contribution >= 0.6 is 11.3 Å². The van der Waals surface area contributed by atoms with Crippen LogP contribution in [-0.2, 0) is 58.1 Å². The number of piperidine rings is 1. The number of nitrogens with zero attached hydrogens (tertiary/aromatic N) is 7. The van der Waals surface area contributed by atoms with E-state index >= 15 is 8.78 Å². The van der Waals surface area contributed by atoms with Crippen LogP contribution in [0.4, 0.5) is 46.5 Å². The average Bonchev–Trinajstić information content (AvgIpc) is 3.94. The molecule has 15 nitrogen and oxygen atoms in total. The van der Waals surface area contributed by atoms with E-state index in [1.807, 2.05) is 11.8 Å². The Labute approximate surface area is 383 Å². The molecule has 358 valence electrons. The second kappa shape index (κ2) is 16.9. The molecule has 67 heavy (non-hydrogen) atoms. The summed E-state index contributed by atoms with van der Waals surface area (Å²) in [6.45, 7) is 7.06. The number of hydrogen-bond donors (Lipinski definition) is 3. The van der Waals surface area contributed by atoms with Crippen LogP contribution in [0.1, 0.15) is 81.2 Å². The standard InChI is InChI=1S/C43H45F7N10O5S2/c1-40(2,3)65-39(62)54-41(4)12-14-59(15-13-41)38-53-37-30(66-38)20-28(25-8-7-9-26-33(25)58(5)56-36(26)57-67(6,63)64)32(52-37)29(18-22-16-23(44)19-24(45)17-22)51-31(61)21-60-35-27(10-11-42(35,46)47)34(55-60)43(48,49)50/h7-9,16-17,19-20,29H,10-15,18,21H2,1-6H3,(H,51,61)(H,54,62)(H,56,57). The molecule has 1 unspecified atom stereocenters. The SMILES string of the molecule is Cn1nc(NS(C)(=O)=O)c2cccc(-c3cc4sc(N5CCC(C)(NC(=O)OC(C)(C)C)CC5)nc4nc3C(Cc3cc(F)cc(F)c3)NC(=O)Cn3nc(C(F)(F)F)c4c3C(F)(F)CC4)c21. The van der Waals surface area contributed by atoms with Crippen molar-refractivity contribution in [1.29, 1.82) is 0 Å². The van der Waals surface area contributed by atoms with Crippen LogP contribution in [0.25, 0.3) is 32.4 Å². The first kappa shape index (κ1) is 47.5. The largest absolute Gasteiger partial charge is 0.444 e. The van der Waals surface area contributed by atoms with E-state index < -0.39 is 99.3 Å². The molecule has 0 bridgehead atoms. The third-order valence-electron chi connectivity index (χ3n) is 11.5. The van der Waals surface area contributed by atoms with Crippen molar-refractivity contribution in [2.75, 3.05) is 29.0 Å². The number of amides is 2. The number of aryl methyl sites for hydroxylation is 1. The van der Waals surface area contributed by atoms with Gasteiger partial charge in [0.25, 0.3) is 5.92 Å². The number of hydrogen-bond acceptors (Lipinski definition) is 11. The molecule has 0 radical (unpaired) electrons. The highest BCUT2D eigenvalue weighted by Gasteiger charge is 2.50. The fraction of sp³-hybridized carbons (Fsp3) is 0.442. The van der Waals surface area contributed by atoms with E-state index in [4.69, 9.17) is 14.7 Å². The Bertz CT molecular complexity index is 3030. The maximum Gasteiger partial charge on any atom is 0.435 e. The van der Waals surface area contributed by atoms with Crippen molar-refractivity contribution >= 4 is 65.6 Å². The lowest BCUT2D eigenvalue weighted by Crippen LogP contribution is -2.54. The van der Waals surface area contributed by atoms with E-state index in [1.165, 1.54) is 16.0 Å². The fourth-order valence-electron chi connectivity index (χ4n) is 8.60. The molecule has 1 atom stereocenters. The lowest BCUT2D eigenvalue weighted by molar-refractivity contribution is -0.142. The number of halogens is 7. The number of alkyl halides is 5. The highest BCUT2D eigenvalue weighted by Crippen LogP contribution is 2.47. The quantitative estimate of drug-likeness (QED) is 0.107. The molecule has 5 heterocycles. The predicted molar refractivity (Wildman–Crippen MR) is 235 cm³/mol. The first-order valence-electron chi connectivity index (χ1n) is 21.0. The number of alkyl carbamates (subject to hydrolysis) is 1. The second-order valence-electron chi connectivity index (χ2n) is 18.1. The predicted octanol–water partition coefficient (Wildman–Crippen LogP) is 8.13. The van der Waals surface area contributed by atoms with Crippen molar-refractivity contribution < 1.29 is 53.5 Å². The van der Waals surface area contributed by atoms with Gasteiger partial charge < -0.3 is 20.3 Å². The highest BCUT2D eigenvalue weighted by atomic mass is 32.2. The summed E-state index contributed by atoms with van der Waals surface area (Å²) in [6, 6.07) is 7.97. The van der Waals surface area contributed by atoms with Gasteiger partial charge in [-0.2, -0.15) is 37.1 Å². The summed E-state index contributed by atoms with van der Waals surface area (Å²) < 4.78 is 137. The summed E-state index contributed by atoms with van der Waals surface area (Å²) in [6.07, 6.45) is -5.54. The van der Waals surface area contributed by atoms with Crippen LogP contribution in [-0.4, -0.2) is 80.4 Å². The van der Waals surface area contributed by atoms with Crippen LogP contribution in [0.2, 0.25) is 0 Å². The number of carbonyl (C=O) groups is 2. The van der Waals surface area contributed by atoms with Crippen molar-refractivity contribution in [2.24, 2.45) is 7.05 Å². The maximum atomic E-state index is 15.1. The van der Waals surface area contributed by atoms with Gasteiger partial charge in [-0.25, -0.2) is 27.0 Å². The van der Waals surface area contributed by atoms with Gasteiger partial charge in [-0.15, -0.1) is 0 Å². The molecule has 1 fully saturated rings. The molecule has 1 aliphatic heterocycles. The van der Waals surface area contributed by atoms with E-state index in [0.29, 0.717) is 68.5 Å². The number of fused-ring (bicyclic) bond motifs is 3. The Morgan fingerprint density at radius 2 is 1.66 bits per heavy atom. The van der Waals surface area contributed by atoms with E-state index in [1.54, 1.807) is 52.1 Å². The molecule has 0 saturated carbocycles. The number of benzene rings is 2. The molecule has 8 rings (SSSR count). The van der Waals surface area contributed by atoms with Crippen LogP contribution in [0, 0.1) is 11.6 Å². The number of pyridine rings is 1. The number of sulfonamides is 1. The smallest absolute Gasteiger partial charge is 0.435 e. The molecule has 6 aromatic rings. The zero-order valence-electron chi connectivity index (χ0n) is 36.9. The maximum absolute atomic E-state index is 15.1. The monoisotopic (exact) mass is 978 g/mol. The lowest BCUT2D eigenvalue weighted by atomic mass is 9.90. The van der Waals surface area contributed by atoms with Gasteiger partial charge in [-0.05, 0) is 83.2 Å². The number of para-hydroxylation sites is 1. The Morgan fingerprint density at radius 3 is 2.30 bits per heavy atom. The number of rotatable bonds is 11. The molecular formula is C43H45F7N10O5S2. The van der Waals surface area contributed by atoms with E-state index in [2.05, 4.69) is 25.6 Å². The lowest BCUT2D eigenvalue weighted by Gasteiger charge is -2.40. The van der Waals surface area contributed by atoms with Gasteiger partial charge in [0, 0.05) is 60.2 Å². The molecule has 2 aromatic carbocycles. The van der Waals surface area contributed by atoms with Crippen LogP contribution < -0.4 is 20.3 Å². The van der Waals surface area contributed by atoms with E-state index in [-0.39, 0.29) is 29.1 Å².